The molecule has 8 nitrogen and oxygen atoms in total. The molecule has 3 aromatic heterocycles. The van der Waals surface area contributed by atoms with E-state index in [1.165, 1.54) is 28.4 Å². The van der Waals surface area contributed by atoms with Gasteiger partial charge in [-0.25, -0.2) is 9.78 Å². The Morgan fingerprint density at radius 2 is 1.94 bits per heavy atom. The van der Waals surface area contributed by atoms with Crippen LogP contribution < -0.4 is 17.0 Å². The molecule has 1 aromatic carbocycles. The number of nitrogens with two attached hydrogens (primary N) is 1. The predicted molar refractivity (Wildman–Crippen MR) is 126 cm³/mol. The first-order chi connectivity index (χ1) is 15.4. The van der Waals surface area contributed by atoms with Crippen LogP contribution in [0.5, 0.6) is 0 Å². The molecular weight excluding hydrogens is 428 g/mol. The highest BCUT2D eigenvalue weighted by molar-refractivity contribution is 6.35. The summed E-state index contributed by atoms with van der Waals surface area (Å²) in [7, 11) is 3.46. The van der Waals surface area contributed by atoms with E-state index in [1.807, 2.05) is 31.3 Å². The molecule has 0 amide bonds. The monoisotopic (exact) mass is 454 g/mol. The topological polar surface area (TPSA) is 104 Å². The summed E-state index contributed by atoms with van der Waals surface area (Å²) in [4.78, 5) is 34.4. The maximum Gasteiger partial charge on any atom is 0.332 e. The van der Waals surface area contributed by atoms with E-state index in [-0.39, 0.29) is 18.1 Å². The molecule has 1 aliphatic rings. The van der Waals surface area contributed by atoms with Gasteiger partial charge >= 0.3 is 5.69 Å². The molecule has 1 fully saturated rings. The van der Waals surface area contributed by atoms with Crippen LogP contribution in [0.2, 0.25) is 5.02 Å². The molecule has 0 spiro atoms. The number of halogens is 1. The van der Waals surface area contributed by atoms with E-state index in [1.54, 1.807) is 11.6 Å². The lowest BCUT2D eigenvalue weighted by molar-refractivity contribution is 0.298. The highest BCUT2D eigenvalue weighted by atomic mass is 35.5. The van der Waals surface area contributed by atoms with Gasteiger partial charge in [0.05, 0.1) is 12.6 Å². The standard InChI is InChI=1S/C23H27ClN6O2/c1-28-19-21(27-20(28)18(25)13-7-4-3-5-8-13)29(2)23(32)30(22(19)31)12-14-11-15-16(24)9-6-10-17(15)26-14/h6,9-11,13,18,26H,3-5,7-8,12,25H2,1-2H3. The third-order valence-electron chi connectivity index (χ3n) is 6.85. The number of rotatable bonds is 4. The minimum atomic E-state index is -0.414. The number of benzene rings is 1. The highest BCUT2D eigenvalue weighted by Crippen LogP contribution is 2.33. The minimum Gasteiger partial charge on any atom is -0.357 e. The number of aromatic nitrogens is 5. The van der Waals surface area contributed by atoms with Crippen LogP contribution in [0.25, 0.3) is 22.1 Å². The van der Waals surface area contributed by atoms with Crippen molar-refractivity contribution in [2.75, 3.05) is 0 Å². The van der Waals surface area contributed by atoms with Gasteiger partial charge in [0.2, 0.25) is 0 Å². The van der Waals surface area contributed by atoms with E-state index in [4.69, 9.17) is 17.3 Å². The van der Waals surface area contributed by atoms with E-state index in [0.717, 1.165) is 29.4 Å². The Morgan fingerprint density at radius 3 is 2.66 bits per heavy atom. The number of fused-ring (bicyclic) bond motifs is 2. The number of imidazole rings is 1. The fourth-order valence-corrected chi connectivity index (χ4v) is 5.26. The van der Waals surface area contributed by atoms with E-state index < -0.39 is 5.69 Å². The van der Waals surface area contributed by atoms with Gasteiger partial charge in [-0.15, -0.1) is 0 Å². The van der Waals surface area contributed by atoms with Gasteiger partial charge in [-0.1, -0.05) is 36.9 Å². The molecule has 1 unspecified atom stereocenters. The van der Waals surface area contributed by atoms with Gasteiger partial charge < -0.3 is 15.3 Å². The maximum atomic E-state index is 13.4. The summed E-state index contributed by atoms with van der Waals surface area (Å²) in [6, 6.07) is 7.20. The molecule has 5 rings (SSSR count). The Balaban J connectivity index is 1.61. The Morgan fingerprint density at radius 1 is 1.19 bits per heavy atom. The van der Waals surface area contributed by atoms with Crippen LogP contribution in [-0.2, 0) is 20.6 Å². The summed E-state index contributed by atoms with van der Waals surface area (Å²) < 4.78 is 4.44. The van der Waals surface area contributed by atoms with Crippen LogP contribution in [0.15, 0.2) is 33.9 Å². The Kier molecular flexibility index (Phi) is 5.22. The molecule has 0 aliphatic heterocycles. The zero-order chi connectivity index (χ0) is 22.6. The van der Waals surface area contributed by atoms with Crippen molar-refractivity contribution in [1.82, 2.24) is 23.7 Å². The van der Waals surface area contributed by atoms with Gasteiger partial charge in [0.15, 0.2) is 11.2 Å². The second kappa shape index (κ2) is 7.94. The Bertz CT molecular complexity index is 1440. The Hall–Kier alpha value is -2.84. The van der Waals surface area contributed by atoms with Crippen molar-refractivity contribution < 1.29 is 0 Å². The van der Waals surface area contributed by atoms with Crippen LogP contribution in [0.4, 0.5) is 0 Å². The van der Waals surface area contributed by atoms with Gasteiger partial charge in [0, 0.05) is 35.7 Å². The Labute approximate surface area is 189 Å². The smallest absolute Gasteiger partial charge is 0.332 e. The van der Waals surface area contributed by atoms with Crippen LogP contribution in [0.3, 0.4) is 0 Å². The van der Waals surface area contributed by atoms with Crippen molar-refractivity contribution in [2.24, 2.45) is 25.7 Å². The van der Waals surface area contributed by atoms with E-state index in [9.17, 15) is 9.59 Å². The van der Waals surface area contributed by atoms with E-state index >= 15 is 0 Å². The average molecular weight is 455 g/mol. The quantitative estimate of drug-likeness (QED) is 0.494. The van der Waals surface area contributed by atoms with Gasteiger partial charge in [-0.3, -0.25) is 13.9 Å². The fourth-order valence-electron chi connectivity index (χ4n) is 5.03. The minimum absolute atomic E-state index is 0.113. The van der Waals surface area contributed by atoms with E-state index in [2.05, 4.69) is 9.97 Å². The molecule has 0 bridgehead atoms. The highest BCUT2D eigenvalue weighted by Gasteiger charge is 2.28. The number of aryl methyl sites for hydroxylation is 2. The summed E-state index contributed by atoms with van der Waals surface area (Å²) in [5.41, 5.74) is 8.17. The molecule has 168 valence electrons. The van der Waals surface area contributed by atoms with Crippen LogP contribution in [-0.4, -0.2) is 23.7 Å². The van der Waals surface area contributed by atoms with Crippen molar-refractivity contribution >= 4 is 33.7 Å². The number of nitrogens with zero attached hydrogens (tertiary/aromatic N) is 4. The van der Waals surface area contributed by atoms with Crippen molar-refractivity contribution in [3.63, 3.8) is 0 Å². The summed E-state index contributed by atoms with van der Waals surface area (Å²) in [5, 5.41) is 1.48. The first kappa shape index (κ1) is 21.0. The van der Waals surface area contributed by atoms with Crippen LogP contribution >= 0.6 is 11.6 Å². The lowest BCUT2D eigenvalue weighted by atomic mass is 9.84. The second-order valence-electron chi connectivity index (χ2n) is 8.85. The van der Waals surface area contributed by atoms with Gasteiger partial charge in [-0.05, 0) is 37.0 Å². The van der Waals surface area contributed by atoms with E-state index in [0.29, 0.717) is 27.9 Å². The molecule has 32 heavy (non-hydrogen) atoms. The third kappa shape index (κ3) is 3.29. The number of H-pyrrole nitrogens is 1. The van der Waals surface area contributed by atoms with Crippen LogP contribution in [0, 0.1) is 5.92 Å². The van der Waals surface area contributed by atoms with Crippen molar-refractivity contribution in [2.45, 2.75) is 44.7 Å². The molecule has 3 N–H and O–H groups in total. The van der Waals surface area contributed by atoms with Gasteiger partial charge in [0.1, 0.15) is 5.82 Å². The first-order valence-electron chi connectivity index (χ1n) is 11.0. The molecule has 1 atom stereocenters. The largest absolute Gasteiger partial charge is 0.357 e. The predicted octanol–water partition coefficient (Wildman–Crippen LogP) is 3.20. The molecule has 0 radical (unpaired) electrons. The number of aromatic amines is 1. The molecule has 9 heteroatoms. The lowest BCUT2D eigenvalue weighted by Crippen LogP contribution is -2.39. The molecule has 1 aliphatic carbocycles. The number of nitrogens with one attached hydrogen (secondary N) is 1. The summed E-state index contributed by atoms with van der Waals surface area (Å²) >= 11 is 6.28. The zero-order valence-electron chi connectivity index (χ0n) is 18.3. The van der Waals surface area contributed by atoms with Crippen molar-refractivity contribution in [1.29, 1.82) is 0 Å². The molecule has 0 saturated heterocycles. The molecule has 3 heterocycles. The third-order valence-corrected chi connectivity index (χ3v) is 7.18. The summed E-state index contributed by atoms with van der Waals surface area (Å²) in [6.07, 6.45) is 5.71. The van der Waals surface area contributed by atoms with Crippen LogP contribution in [0.1, 0.15) is 49.7 Å². The zero-order valence-corrected chi connectivity index (χ0v) is 19.0. The van der Waals surface area contributed by atoms with Gasteiger partial charge in [-0.2, -0.15) is 0 Å². The van der Waals surface area contributed by atoms with Crippen molar-refractivity contribution in [3.8, 4) is 0 Å². The first-order valence-corrected chi connectivity index (χ1v) is 11.4. The second-order valence-corrected chi connectivity index (χ2v) is 9.26. The van der Waals surface area contributed by atoms with Crippen molar-refractivity contribution in [3.05, 3.63) is 61.6 Å². The summed E-state index contributed by atoms with van der Waals surface area (Å²) in [6.45, 7) is 0.113. The average Bonchev–Trinajstić information content (AvgIpc) is 3.37. The molecule has 1 saturated carbocycles. The van der Waals surface area contributed by atoms with Gasteiger partial charge in [0.25, 0.3) is 5.56 Å². The normalized spacial score (nSPS) is 16.2. The number of hydrogen-bond donors (Lipinski definition) is 2. The number of hydrogen-bond acceptors (Lipinski definition) is 4. The fraction of sp³-hybridized carbons (Fsp3) is 0.435. The molecule has 4 aromatic rings. The maximum absolute atomic E-state index is 13.4. The SMILES string of the molecule is Cn1c(C(N)C2CCCCC2)nc2c1c(=O)n(Cc1cc3c(Cl)cccc3[nH]1)c(=O)n2C. The lowest BCUT2D eigenvalue weighted by Gasteiger charge is -2.26. The summed E-state index contributed by atoms with van der Waals surface area (Å²) in [5.74, 6) is 1.00. The molecular formula is C23H27ClN6O2.